The number of likely N-dealkylation sites (tertiary alicyclic amines) is 1. The Morgan fingerprint density at radius 1 is 0.941 bits per heavy atom. The van der Waals surface area contributed by atoms with Crippen molar-refractivity contribution in [3.8, 4) is 0 Å². The molecule has 7 nitrogen and oxygen atoms in total. The molecule has 0 radical (unpaired) electrons. The molecule has 1 saturated carbocycles. The standard InChI is InChI=1S/C27H36N6O/c1-19-6-5-13-28-26(19)21-7-3-8-22(30(21)2)27-23(18-34)33-24(29-27)9-4-10-25(33)32-16-14-31(15-17-32)20-11-12-20/h4-6,9-10,13,20-22,34H,3,7-8,11-12,14-18H2,1-2H3/t21-,22+/m0/s1. The first-order valence-corrected chi connectivity index (χ1v) is 12.9. The third-order valence-electron chi connectivity index (χ3n) is 8.22. The fourth-order valence-electron chi connectivity index (χ4n) is 6.21. The predicted molar refractivity (Wildman–Crippen MR) is 134 cm³/mol. The lowest BCUT2D eigenvalue weighted by Gasteiger charge is -2.39. The number of imidazole rings is 1. The summed E-state index contributed by atoms with van der Waals surface area (Å²) in [4.78, 5) is 17.4. The second-order valence-electron chi connectivity index (χ2n) is 10.3. The number of rotatable bonds is 5. The Kier molecular flexibility index (Phi) is 5.79. The number of hydrogen-bond acceptors (Lipinski definition) is 6. The van der Waals surface area contributed by atoms with Gasteiger partial charge < -0.3 is 10.0 Å². The molecule has 2 saturated heterocycles. The van der Waals surface area contributed by atoms with Gasteiger partial charge in [-0.05, 0) is 69.8 Å². The molecule has 0 aromatic carbocycles. The summed E-state index contributed by atoms with van der Waals surface area (Å²) in [6.45, 7) is 6.43. The smallest absolute Gasteiger partial charge is 0.138 e. The molecule has 7 heteroatoms. The van der Waals surface area contributed by atoms with E-state index in [2.05, 4.69) is 57.3 Å². The maximum atomic E-state index is 10.6. The van der Waals surface area contributed by atoms with Gasteiger partial charge >= 0.3 is 0 Å². The highest BCUT2D eigenvalue weighted by molar-refractivity contribution is 5.55. The number of piperidine rings is 1. The van der Waals surface area contributed by atoms with Gasteiger partial charge in [0.15, 0.2) is 0 Å². The maximum absolute atomic E-state index is 10.6. The van der Waals surface area contributed by atoms with Crippen LogP contribution in [0.3, 0.4) is 0 Å². The van der Waals surface area contributed by atoms with Crippen LogP contribution in [0, 0.1) is 6.92 Å². The van der Waals surface area contributed by atoms with E-state index in [-0.39, 0.29) is 18.7 Å². The summed E-state index contributed by atoms with van der Waals surface area (Å²) in [5, 5.41) is 10.6. The van der Waals surface area contributed by atoms with Gasteiger partial charge in [-0.3, -0.25) is 19.2 Å². The molecular formula is C27H36N6O. The minimum absolute atomic E-state index is 0.00677. The molecule has 6 rings (SSSR count). The average Bonchev–Trinajstić information content (AvgIpc) is 3.65. The second kappa shape index (κ2) is 8.95. The van der Waals surface area contributed by atoms with E-state index in [0.29, 0.717) is 0 Å². The number of pyridine rings is 2. The van der Waals surface area contributed by atoms with Gasteiger partial charge in [0.25, 0.3) is 0 Å². The summed E-state index contributed by atoms with van der Waals surface area (Å²) in [6.07, 6.45) is 7.91. The molecule has 180 valence electrons. The third kappa shape index (κ3) is 3.80. The van der Waals surface area contributed by atoms with Crippen LogP contribution in [0.15, 0.2) is 36.5 Å². The first kappa shape index (κ1) is 22.0. The number of hydrogen-bond donors (Lipinski definition) is 1. The summed E-state index contributed by atoms with van der Waals surface area (Å²) in [5.74, 6) is 1.16. The monoisotopic (exact) mass is 460 g/mol. The SMILES string of the molecule is Cc1cccnc1[C@@H]1CCC[C@H](c2nc3cccc(N4CCN(C5CC5)CC4)n3c2CO)N1C. The molecule has 0 amide bonds. The van der Waals surface area contributed by atoms with Crippen LogP contribution in [0.1, 0.15) is 66.8 Å². The predicted octanol–water partition coefficient (Wildman–Crippen LogP) is 3.71. The summed E-state index contributed by atoms with van der Waals surface area (Å²) >= 11 is 0. The Hall–Kier alpha value is -2.48. The number of aliphatic hydroxyl groups is 1. The van der Waals surface area contributed by atoms with Crippen LogP contribution >= 0.6 is 0 Å². The Morgan fingerprint density at radius 2 is 1.71 bits per heavy atom. The van der Waals surface area contributed by atoms with Crippen LogP contribution in [0.5, 0.6) is 0 Å². The molecule has 3 aromatic heterocycles. The largest absolute Gasteiger partial charge is 0.390 e. The van der Waals surface area contributed by atoms with Crippen molar-refractivity contribution in [2.24, 2.45) is 0 Å². The van der Waals surface area contributed by atoms with Crippen molar-refractivity contribution in [1.82, 2.24) is 24.2 Å². The van der Waals surface area contributed by atoms with E-state index in [4.69, 9.17) is 9.97 Å². The Bertz CT molecular complexity index is 1160. The van der Waals surface area contributed by atoms with E-state index in [1.807, 2.05) is 12.3 Å². The van der Waals surface area contributed by atoms with Gasteiger partial charge in [-0.15, -0.1) is 0 Å². The number of anilines is 1. The van der Waals surface area contributed by atoms with Crippen molar-refractivity contribution in [1.29, 1.82) is 0 Å². The van der Waals surface area contributed by atoms with Crippen LogP contribution in [0.4, 0.5) is 5.82 Å². The summed E-state index contributed by atoms with van der Waals surface area (Å²) < 4.78 is 2.21. The molecular weight excluding hydrogens is 424 g/mol. The van der Waals surface area contributed by atoms with E-state index >= 15 is 0 Å². The zero-order valence-electron chi connectivity index (χ0n) is 20.4. The Balaban J connectivity index is 1.34. The van der Waals surface area contributed by atoms with Crippen LogP contribution in [-0.2, 0) is 6.61 Å². The van der Waals surface area contributed by atoms with Crippen molar-refractivity contribution >= 4 is 11.5 Å². The van der Waals surface area contributed by atoms with Crippen molar-refractivity contribution < 1.29 is 5.11 Å². The molecule has 3 fully saturated rings. The zero-order valence-corrected chi connectivity index (χ0v) is 20.4. The summed E-state index contributed by atoms with van der Waals surface area (Å²) in [7, 11) is 2.20. The van der Waals surface area contributed by atoms with Crippen molar-refractivity contribution in [3.05, 3.63) is 59.2 Å². The van der Waals surface area contributed by atoms with E-state index in [0.717, 1.165) is 74.3 Å². The topological polar surface area (TPSA) is 60.1 Å². The minimum atomic E-state index is -0.00677. The minimum Gasteiger partial charge on any atom is -0.390 e. The lowest BCUT2D eigenvalue weighted by Crippen LogP contribution is -2.47. The molecule has 2 atom stereocenters. The number of fused-ring (bicyclic) bond motifs is 1. The van der Waals surface area contributed by atoms with Crippen molar-refractivity contribution in [2.75, 3.05) is 38.1 Å². The van der Waals surface area contributed by atoms with Gasteiger partial charge in [0.1, 0.15) is 11.5 Å². The van der Waals surface area contributed by atoms with Crippen LogP contribution in [0.25, 0.3) is 5.65 Å². The van der Waals surface area contributed by atoms with Crippen LogP contribution in [0.2, 0.25) is 0 Å². The molecule has 1 N–H and O–H groups in total. The normalized spacial score (nSPS) is 24.7. The highest BCUT2D eigenvalue weighted by Gasteiger charge is 2.35. The number of aromatic nitrogens is 3. The molecule has 3 aliphatic rings. The van der Waals surface area contributed by atoms with Gasteiger partial charge in [0.05, 0.1) is 35.8 Å². The number of piperazine rings is 1. The third-order valence-corrected chi connectivity index (χ3v) is 8.22. The van der Waals surface area contributed by atoms with Gasteiger partial charge in [-0.25, -0.2) is 4.98 Å². The molecule has 2 aliphatic heterocycles. The first-order valence-electron chi connectivity index (χ1n) is 12.9. The van der Waals surface area contributed by atoms with Gasteiger partial charge in [0, 0.05) is 38.4 Å². The highest BCUT2D eigenvalue weighted by Crippen LogP contribution is 2.42. The lowest BCUT2D eigenvalue weighted by atomic mass is 9.90. The number of aryl methyl sites for hydroxylation is 1. The van der Waals surface area contributed by atoms with Crippen LogP contribution < -0.4 is 4.90 Å². The van der Waals surface area contributed by atoms with Crippen molar-refractivity contribution in [3.63, 3.8) is 0 Å². The van der Waals surface area contributed by atoms with Gasteiger partial charge in [-0.2, -0.15) is 0 Å². The van der Waals surface area contributed by atoms with E-state index in [1.165, 1.54) is 24.1 Å². The maximum Gasteiger partial charge on any atom is 0.138 e. The molecule has 0 bridgehead atoms. The van der Waals surface area contributed by atoms with Gasteiger partial charge in [-0.1, -0.05) is 12.1 Å². The average molecular weight is 461 g/mol. The fraction of sp³-hybridized carbons (Fsp3) is 0.556. The first-order chi connectivity index (χ1) is 16.7. The zero-order chi connectivity index (χ0) is 23.2. The highest BCUT2D eigenvalue weighted by atomic mass is 16.3. The van der Waals surface area contributed by atoms with E-state index in [9.17, 15) is 5.11 Å². The molecule has 3 aromatic rings. The molecule has 0 spiro atoms. The Labute approximate surface area is 202 Å². The number of nitrogens with zero attached hydrogens (tertiary/aromatic N) is 6. The molecule has 5 heterocycles. The molecule has 1 aliphatic carbocycles. The molecule has 34 heavy (non-hydrogen) atoms. The summed E-state index contributed by atoms with van der Waals surface area (Å²) in [6, 6.07) is 11.8. The second-order valence-corrected chi connectivity index (χ2v) is 10.3. The van der Waals surface area contributed by atoms with E-state index in [1.54, 1.807) is 0 Å². The molecule has 0 unspecified atom stereocenters. The number of aliphatic hydroxyl groups excluding tert-OH is 1. The lowest BCUT2D eigenvalue weighted by molar-refractivity contribution is 0.107. The summed E-state index contributed by atoms with van der Waals surface area (Å²) in [5.41, 5.74) is 5.30. The van der Waals surface area contributed by atoms with E-state index < -0.39 is 0 Å². The van der Waals surface area contributed by atoms with Crippen molar-refractivity contribution in [2.45, 2.75) is 63.8 Å². The fourth-order valence-corrected chi connectivity index (χ4v) is 6.21. The Morgan fingerprint density at radius 3 is 2.41 bits per heavy atom. The van der Waals surface area contributed by atoms with Gasteiger partial charge in [0.2, 0.25) is 0 Å². The van der Waals surface area contributed by atoms with Crippen LogP contribution in [-0.4, -0.2) is 68.5 Å². The quantitative estimate of drug-likeness (QED) is 0.626.